The quantitative estimate of drug-likeness (QED) is 0.203. The van der Waals surface area contributed by atoms with Gasteiger partial charge in [-0.1, -0.05) is 41.9 Å². The molecule has 0 saturated carbocycles. The zero-order valence-corrected chi connectivity index (χ0v) is 17.2. The number of benzene rings is 3. The Bertz CT molecular complexity index is 1350. The molecule has 0 saturated heterocycles. The van der Waals surface area contributed by atoms with E-state index in [2.05, 4.69) is 0 Å². The molecule has 0 atom stereocenters. The van der Waals surface area contributed by atoms with Gasteiger partial charge in [0, 0.05) is 17.2 Å². The summed E-state index contributed by atoms with van der Waals surface area (Å²) in [4.78, 5) is 37.6. The van der Waals surface area contributed by atoms with E-state index in [0.717, 1.165) is 18.2 Å². The number of carbonyl (C=O) groups excluding carboxylic acids is 2. The zero-order valence-electron chi connectivity index (χ0n) is 16.5. The van der Waals surface area contributed by atoms with E-state index < -0.39 is 28.5 Å². The summed E-state index contributed by atoms with van der Waals surface area (Å²) in [5.41, 5.74) is -1.05. The summed E-state index contributed by atoms with van der Waals surface area (Å²) in [6, 6.07) is 13.9. The zero-order chi connectivity index (χ0) is 23.9. The monoisotopic (exact) mass is 472 g/mol. The van der Waals surface area contributed by atoms with Gasteiger partial charge in [0.1, 0.15) is 5.02 Å². The highest BCUT2D eigenvalue weighted by atomic mass is 35.5. The first-order valence-electron chi connectivity index (χ1n) is 9.39. The average molecular weight is 473 g/mol. The SMILES string of the molecule is O=C1/C(=C/c2ccc(Cl)c([N+](=O)[O-])c2)c2ccccc2C(=O)N1c1cccc(C(F)(F)F)c1. The molecule has 0 fully saturated rings. The van der Waals surface area contributed by atoms with Crippen LogP contribution in [0.5, 0.6) is 0 Å². The van der Waals surface area contributed by atoms with Crippen LogP contribution in [-0.2, 0) is 11.0 Å². The van der Waals surface area contributed by atoms with Crippen molar-refractivity contribution in [2.75, 3.05) is 4.90 Å². The van der Waals surface area contributed by atoms with Crippen LogP contribution in [0.3, 0.4) is 0 Å². The van der Waals surface area contributed by atoms with Gasteiger partial charge in [0.25, 0.3) is 17.5 Å². The lowest BCUT2D eigenvalue weighted by Gasteiger charge is -2.29. The molecule has 4 rings (SSSR count). The van der Waals surface area contributed by atoms with Gasteiger partial charge in [0.05, 0.1) is 16.2 Å². The molecule has 0 aliphatic carbocycles. The largest absolute Gasteiger partial charge is 0.416 e. The summed E-state index contributed by atoms with van der Waals surface area (Å²) in [6.45, 7) is 0. The standard InChI is InChI=1S/C23H12ClF3N2O4/c24-19-9-8-13(11-20(19)29(32)33)10-18-16-6-1-2-7-17(16)21(30)28(22(18)31)15-5-3-4-14(12-15)23(25,26)27/h1-12H/b18-10+. The molecule has 33 heavy (non-hydrogen) atoms. The van der Waals surface area contributed by atoms with E-state index in [0.29, 0.717) is 11.0 Å². The van der Waals surface area contributed by atoms with Crippen molar-refractivity contribution in [3.05, 3.63) is 104 Å². The number of carbonyl (C=O) groups is 2. The molecule has 1 aliphatic rings. The lowest BCUT2D eigenvalue weighted by molar-refractivity contribution is -0.384. The Morgan fingerprint density at radius 1 is 0.909 bits per heavy atom. The summed E-state index contributed by atoms with van der Waals surface area (Å²) >= 11 is 5.84. The Labute approximate surface area is 189 Å². The predicted octanol–water partition coefficient (Wildman–Crippen LogP) is 5.99. The number of hydrogen-bond acceptors (Lipinski definition) is 4. The van der Waals surface area contributed by atoms with Crippen LogP contribution in [0.1, 0.15) is 27.0 Å². The first kappa shape index (κ1) is 22.2. The average Bonchev–Trinajstić information content (AvgIpc) is 2.77. The number of nitro benzene ring substituents is 1. The number of hydrogen-bond donors (Lipinski definition) is 0. The van der Waals surface area contributed by atoms with Crippen molar-refractivity contribution in [2.24, 2.45) is 0 Å². The van der Waals surface area contributed by atoms with Crippen molar-refractivity contribution in [3.63, 3.8) is 0 Å². The Morgan fingerprint density at radius 3 is 2.27 bits per heavy atom. The second-order valence-electron chi connectivity index (χ2n) is 7.07. The number of amides is 2. The van der Waals surface area contributed by atoms with Crippen LogP contribution in [0, 0.1) is 10.1 Å². The van der Waals surface area contributed by atoms with Crippen LogP contribution in [0.15, 0.2) is 66.7 Å². The van der Waals surface area contributed by atoms with E-state index >= 15 is 0 Å². The topological polar surface area (TPSA) is 80.5 Å². The van der Waals surface area contributed by atoms with Crippen molar-refractivity contribution in [1.29, 1.82) is 0 Å². The van der Waals surface area contributed by atoms with Gasteiger partial charge in [-0.05, 0) is 47.5 Å². The van der Waals surface area contributed by atoms with E-state index in [1.165, 1.54) is 36.4 Å². The highest BCUT2D eigenvalue weighted by Gasteiger charge is 2.37. The number of rotatable bonds is 3. The fraction of sp³-hybridized carbons (Fsp3) is 0.0435. The number of nitro groups is 1. The Hall–Kier alpha value is -3.98. The minimum Gasteiger partial charge on any atom is -0.268 e. The maximum atomic E-state index is 13.3. The first-order chi connectivity index (χ1) is 15.6. The minimum atomic E-state index is -4.67. The van der Waals surface area contributed by atoms with E-state index in [-0.39, 0.29) is 38.7 Å². The van der Waals surface area contributed by atoms with Crippen molar-refractivity contribution >= 4 is 46.4 Å². The fourth-order valence-electron chi connectivity index (χ4n) is 3.47. The molecule has 0 aromatic heterocycles. The second kappa shape index (κ2) is 8.18. The molecule has 0 spiro atoms. The number of anilines is 1. The van der Waals surface area contributed by atoms with Gasteiger partial charge in [0.15, 0.2) is 0 Å². The first-order valence-corrected chi connectivity index (χ1v) is 9.77. The Balaban J connectivity index is 1.89. The molecule has 0 bridgehead atoms. The molecule has 1 heterocycles. The molecular formula is C23H12ClF3N2O4. The van der Waals surface area contributed by atoms with Crippen molar-refractivity contribution in [3.8, 4) is 0 Å². The van der Waals surface area contributed by atoms with Crippen LogP contribution in [-0.4, -0.2) is 16.7 Å². The number of imide groups is 1. The molecule has 1 aliphatic heterocycles. The number of fused-ring (bicyclic) bond motifs is 1. The summed E-state index contributed by atoms with van der Waals surface area (Å²) in [7, 11) is 0. The van der Waals surface area contributed by atoms with Gasteiger partial charge in [0.2, 0.25) is 0 Å². The van der Waals surface area contributed by atoms with Crippen molar-refractivity contribution in [2.45, 2.75) is 6.18 Å². The number of halogens is 4. The molecule has 2 amide bonds. The van der Waals surface area contributed by atoms with Crippen LogP contribution >= 0.6 is 11.6 Å². The van der Waals surface area contributed by atoms with Gasteiger partial charge < -0.3 is 0 Å². The molecule has 10 heteroatoms. The smallest absolute Gasteiger partial charge is 0.268 e. The van der Waals surface area contributed by atoms with Crippen molar-refractivity contribution < 1.29 is 27.7 Å². The number of alkyl halides is 3. The highest BCUT2D eigenvalue weighted by Crippen LogP contribution is 2.37. The summed E-state index contributed by atoms with van der Waals surface area (Å²) < 4.78 is 39.6. The molecular weight excluding hydrogens is 461 g/mol. The normalized spacial score (nSPS) is 15.0. The Kier molecular flexibility index (Phi) is 5.51. The summed E-state index contributed by atoms with van der Waals surface area (Å²) in [6.07, 6.45) is -3.34. The molecule has 3 aromatic carbocycles. The number of nitrogens with zero attached hydrogens (tertiary/aromatic N) is 2. The van der Waals surface area contributed by atoms with E-state index in [1.807, 2.05) is 0 Å². The van der Waals surface area contributed by atoms with Crippen LogP contribution in [0.25, 0.3) is 11.6 Å². The second-order valence-corrected chi connectivity index (χ2v) is 7.47. The van der Waals surface area contributed by atoms with Gasteiger partial charge in [-0.15, -0.1) is 0 Å². The van der Waals surface area contributed by atoms with Crippen molar-refractivity contribution in [1.82, 2.24) is 0 Å². The molecule has 166 valence electrons. The van der Waals surface area contributed by atoms with Crippen LogP contribution < -0.4 is 4.90 Å². The van der Waals surface area contributed by atoms with Crippen LogP contribution in [0.4, 0.5) is 24.5 Å². The highest BCUT2D eigenvalue weighted by molar-refractivity contribution is 6.43. The predicted molar refractivity (Wildman–Crippen MR) is 116 cm³/mol. The minimum absolute atomic E-state index is 0.0146. The van der Waals surface area contributed by atoms with E-state index in [9.17, 15) is 32.9 Å². The summed E-state index contributed by atoms with van der Waals surface area (Å²) in [5, 5.41) is 11.1. The fourth-order valence-corrected chi connectivity index (χ4v) is 3.66. The maximum absolute atomic E-state index is 13.3. The third-order valence-corrected chi connectivity index (χ3v) is 5.31. The third kappa shape index (κ3) is 4.10. The van der Waals surface area contributed by atoms with Gasteiger partial charge >= 0.3 is 6.18 Å². The van der Waals surface area contributed by atoms with Crippen LogP contribution in [0.2, 0.25) is 5.02 Å². The van der Waals surface area contributed by atoms with E-state index in [4.69, 9.17) is 11.6 Å². The van der Waals surface area contributed by atoms with Gasteiger partial charge in [-0.2, -0.15) is 13.2 Å². The molecule has 6 nitrogen and oxygen atoms in total. The lowest BCUT2D eigenvalue weighted by Crippen LogP contribution is -2.41. The molecule has 0 N–H and O–H groups in total. The van der Waals surface area contributed by atoms with Gasteiger partial charge in [-0.3, -0.25) is 19.7 Å². The molecule has 0 unspecified atom stereocenters. The molecule has 3 aromatic rings. The third-order valence-electron chi connectivity index (χ3n) is 4.99. The lowest BCUT2D eigenvalue weighted by atomic mass is 9.91. The summed E-state index contributed by atoms with van der Waals surface area (Å²) in [5.74, 6) is -1.65. The van der Waals surface area contributed by atoms with Gasteiger partial charge in [-0.25, -0.2) is 4.90 Å². The maximum Gasteiger partial charge on any atom is 0.416 e. The Morgan fingerprint density at radius 2 is 1.61 bits per heavy atom. The van der Waals surface area contributed by atoms with E-state index in [1.54, 1.807) is 12.1 Å². The molecule has 0 radical (unpaired) electrons.